The van der Waals surface area contributed by atoms with Crippen molar-refractivity contribution in [2.75, 3.05) is 0 Å². The number of fused-ring (bicyclic) bond motifs is 1. The zero-order valence-electron chi connectivity index (χ0n) is 19.5. The first-order valence-electron chi connectivity index (χ1n) is 12.1. The lowest BCUT2D eigenvalue weighted by atomic mass is 9.74. The average Bonchev–Trinajstić information content (AvgIpc) is 3.59. The molecule has 1 aromatic heterocycles. The van der Waals surface area contributed by atoms with Gasteiger partial charge in [0.25, 0.3) is 0 Å². The Balaban J connectivity index is 1.46. The molecule has 2 bridgehead atoms. The molecular formula is C25H33N3O4S. The van der Waals surface area contributed by atoms with E-state index in [0.29, 0.717) is 6.54 Å². The van der Waals surface area contributed by atoms with E-state index in [1.54, 1.807) is 16.2 Å². The highest BCUT2D eigenvalue weighted by molar-refractivity contribution is 7.09. The van der Waals surface area contributed by atoms with Crippen LogP contribution in [0.15, 0.2) is 29.7 Å². The number of likely N-dealkylation sites (tertiary alicyclic amines) is 1. The summed E-state index contributed by atoms with van der Waals surface area (Å²) in [6, 6.07) is 3.19. The fraction of sp³-hybridized carbons (Fsp3) is 0.640. The van der Waals surface area contributed by atoms with E-state index in [2.05, 4.69) is 10.6 Å². The minimum Gasteiger partial charge on any atom is -0.359 e. The topological polar surface area (TPSA) is 87.7 Å². The summed E-state index contributed by atoms with van der Waals surface area (Å²) >= 11 is 1.58. The smallest absolute Gasteiger partial charge is 0.246 e. The number of ether oxygens (including phenoxy) is 1. The second-order valence-corrected chi connectivity index (χ2v) is 11.4. The number of amides is 3. The van der Waals surface area contributed by atoms with E-state index < -0.39 is 35.1 Å². The Morgan fingerprint density at radius 3 is 2.70 bits per heavy atom. The van der Waals surface area contributed by atoms with Crippen molar-refractivity contribution in [3.63, 3.8) is 0 Å². The van der Waals surface area contributed by atoms with Gasteiger partial charge in [-0.1, -0.05) is 38.0 Å². The summed E-state index contributed by atoms with van der Waals surface area (Å²) in [5.74, 6) is -1.77. The molecule has 5 atom stereocenters. The van der Waals surface area contributed by atoms with Gasteiger partial charge >= 0.3 is 0 Å². The highest BCUT2D eigenvalue weighted by Crippen LogP contribution is 2.56. The number of hydrogen-bond acceptors (Lipinski definition) is 5. The van der Waals surface area contributed by atoms with Crippen LogP contribution in [0.3, 0.4) is 0 Å². The van der Waals surface area contributed by atoms with Gasteiger partial charge in [-0.2, -0.15) is 0 Å². The van der Waals surface area contributed by atoms with Crippen molar-refractivity contribution < 1.29 is 19.1 Å². The van der Waals surface area contributed by atoms with Crippen molar-refractivity contribution in [2.24, 2.45) is 11.8 Å². The number of hydrogen-bond donors (Lipinski definition) is 2. The Labute approximate surface area is 198 Å². The number of carbonyl (C=O) groups excluding carboxylic acids is 3. The third-order valence-electron chi connectivity index (χ3n) is 7.94. The molecule has 1 saturated carbocycles. The van der Waals surface area contributed by atoms with Crippen LogP contribution in [0.25, 0.3) is 0 Å². The van der Waals surface area contributed by atoms with E-state index in [0.717, 1.165) is 37.0 Å². The molecule has 1 aliphatic carbocycles. The van der Waals surface area contributed by atoms with E-state index >= 15 is 0 Å². The highest BCUT2D eigenvalue weighted by atomic mass is 32.1. The first-order valence-corrected chi connectivity index (χ1v) is 13.0. The SMILES string of the molecule is CCC(C)(C)NC(=O)[C@H]1N(C2CCCC2)C(=O)[C@H]2[C@@H](C(=O)NCc3cccs3)[C@H]3C=C[C@]21O3. The van der Waals surface area contributed by atoms with E-state index in [1.807, 2.05) is 50.4 Å². The maximum absolute atomic E-state index is 13.9. The van der Waals surface area contributed by atoms with E-state index in [4.69, 9.17) is 4.74 Å². The number of nitrogens with zero attached hydrogens (tertiary/aromatic N) is 1. The molecule has 1 aromatic rings. The molecule has 3 amide bonds. The second kappa shape index (κ2) is 8.24. The summed E-state index contributed by atoms with van der Waals surface area (Å²) in [6.45, 7) is 6.43. The molecule has 5 rings (SSSR count). The lowest BCUT2D eigenvalue weighted by molar-refractivity contribution is -0.144. The summed E-state index contributed by atoms with van der Waals surface area (Å²) in [5, 5.41) is 8.13. The summed E-state index contributed by atoms with van der Waals surface area (Å²) < 4.78 is 6.40. The van der Waals surface area contributed by atoms with E-state index in [1.165, 1.54) is 0 Å². The third kappa shape index (κ3) is 3.62. The molecule has 4 heterocycles. The monoisotopic (exact) mass is 471 g/mol. The zero-order chi connectivity index (χ0) is 23.4. The highest BCUT2D eigenvalue weighted by Gasteiger charge is 2.73. The van der Waals surface area contributed by atoms with Crippen LogP contribution in [-0.4, -0.2) is 51.9 Å². The number of rotatable bonds is 7. The largest absolute Gasteiger partial charge is 0.359 e. The molecule has 0 radical (unpaired) electrons. The number of nitrogens with one attached hydrogen (secondary N) is 2. The first kappa shape index (κ1) is 22.6. The Morgan fingerprint density at radius 2 is 2.03 bits per heavy atom. The molecule has 178 valence electrons. The van der Waals surface area contributed by atoms with Gasteiger partial charge in [-0.3, -0.25) is 14.4 Å². The fourth-order valence-corrected chi connectivity index (χ4v) is 6.62. The number of carbonyl (C=O) groups is 3. The molecule has 7 nitrogen and oxygen atoms in total. The van der Waals surface area contributed by atoms with Crippen molar-refractivity contribution in [3.8, 4) is 0 Å². The average molecular weight is 472 g/mol. The molecule has 3 aliphatic heterocycles. The maximum atomic E-state index is 13.9. The predicted molar refractivity (Wildman–Crippen MR) is 125 cm³/mol. The van der Waals surface area contributed by atoms with Crippen LogP contribution in [0, 0.1) is 11.8 Å². The van der Waals surface area contributed by atoms with E-state index in [-0.39, 0.29) is 23.8 Å². The molecule has 3 fully saturated rings. The van der Waals surface area contributed by atoms with Crippen LogP contribution in [0.1, 0.15) is 57.8 Å². The van der Waals surface area contributed by atoms with Crippen LogP contribution >= 0.6 is 11.3 Å². The van der Waals surface area contributed by atoms with Crippen molar-refractivity contribution in [1.29, 1.82) is 0 Å². The normalized spacial score (nSPS) is 33.1. The lowest BCUT2D eigenvalue weighted by Crippen LogP contribution is -2.59. The molecule has 1 spiro atoms. The van der Waals surface area contributed by atoms with Crippen molar-refractivity contribution >= 4 is 29.1 Å². The number of thiophene rings is 1. The van der Waals surface area contributed by atoms with Crippen LogP contribution in [-0.2, 0) is 25.7 Å². The molecule has 4 aliphatic rings. The first-order chi connectivity index (χ1) is 15.8. The van der Waals surface area contributed by atoms with Gasteiger partial charge in [0.1, 0.15) is 11.6 Å². The quantitative estimate of drug-likeness (QED) is 0.599. The van der Waals surface area contributed by atoms with Crippen LogP contribution in [0.4, 0.5) is 0 Å². The molecular weight excluding hydrogens is 438 g/mol. The van der Waals surface area contributed by atoms with Crippen LogP contribution in [0.2, 0.25) is 0 Å². The third-order valence-corrected chi connectivity index (χ3v) is 8.82. The van der Waals surface area contributed by atoms with Crippen molar-refractivity contribution in [2.45, 2.75) is 88.7 Å². The summed E-state index contributed by atoms with van der Waals surface area (Å²) in [6.07, 6.45) is 7.92. The Bertz CT molecular complexity index is 968. The minimum atomic E-state index is -1.08. The van der Waals surface area contributed by atoms with E-state index in [9.17, 15) is 14.4 Å². The summed E-state index contributed by atoms with van der Waals surface area (Å²) in [4.78, 5) is 43.8. The van der Waals surface area contributed by atoms with Gasteiger partial charge in [-0.25, -0.2) is 0 Å². The summed E-state index contributed by atoms with van der Waals surface area (Å²) in [7, 11) is 0. The molecule has 8 heteroatoms. The zero-order valence-corrected chi connectivity index (χ0v) is 20.3. The van der Waals surface area contributed by atoms with Gasteiger partial charge in [0.05, 0.1) is 24.5 Å². The predicted octanol–water partition coefficient (Wildman–Crippen LogP) is 2.76. The van der Waals surface area contributed by atoms with Crippen LogP contribution in [0.5, 0.6) is 0 Å². The van der Waals surface area contributed by atoms with Gasteiger partial charge < -0.3 is 20.3 Å². The summed E-state index contributed by atoms with van der Waals surface area (Å²) in [5.41, 5.74) is -1.48. The molecule has 0 unspecified atom stereocenters. The van der Waals surface area contributed by atoms with Gasteiger partial charge in [-0.05, 0) is 44.6 Å². The molecule has 2 saturated heterocycles. The van der Waals surface area contributed by atoms with Gasteiger partial charge in [0.15, 0.2) is 0 Å². The second-order valence-electron chi connectivity index (χ2n) is 10.4. The Morgan fingerprint density at radius 1 is 1.27 bits per heavy atom. The van der Waals surface area contributed by atoms with Gasteiger partial charge in [-0.15, -0.1) is 11.3 Å². The molecule has 33 heavy (non-hydrogen) atoms. The minimum absolute atomic E-state index is 0.0174. The van der Waals surface area contributed by atoms with Crippen molar-refractivity contribution in [1.82, 2.24) is 15.5 Å². The van der Waals surface area contributed by atoms with Gasteiger partial charge in [0.2, 0.25) is 17.7 Å². The van der Waals surface area contributed by atoms with Crippen molar-refractivity contribution in [3.05, 3.63) is 34.5 Å². The Kier molecular flexibility index (Phi) is 5.64. The standard InChI is InChI=1S/C25H33N3O4S/c1-4-24(2,3)27-22(30)20-25-12-11-17(32-25)18(21(29)26-14-16-10-7-13-33-16)19(25)23(31)28(20)15-8-5-6-9-15/h7,10-13,15,17-20H,4-6,8-9,14H2,1-3H3,(H,26,29)(H,27,30)/t17-,18+,19-,20-,25+/m1/s1. The van der Waals surface area contributed by atoms with Crippen LogP contribution < -0.4 is 10.6 Å². The Hall–Kier alpha value is -2.19. The lowest BCUT2D eigenvalue weighted by Gasteiger charge is -2.37. The maximum Gasteiger partial charge on any atom is 0.246 e. The molecule has 0 aromatic carbocycles. The fourth-order valence-electron chi connectivity index (χ4n) is 5.98. The molecule has 2 N–H and O–H groups in total. The van der Waals surface area contributed by atoms with Gasteiger partial charge in [0, 0.05) is 16.5 Å².